The molecule has 2 aromatic rings. The molecule has 0 bridgehead atoms. The zero-order valence-corrected chi connectivity index (χ0v) is 13.8. The van der Waals surface area contributed by atoms with Crippen molar-refractivity contribution in [1.29, 1.82) is 0 Å². The molecule has 0 spiro atoms. The number of hydrogen-bond donors (Lipinski definition) is 1. The fraction of sp³-hybridized carbons (Fsp3) is 0.143. The minimum Gasteiger partial charge on any atom is -0.324 e. The molecule has 1 heterocycles. The van der Waals surface area contributed by atoms with Gasteiger partial charge in [0, 0.05) is 18.3 Å². The Morgan fingerprint density at radius 3 is 2.60 bits per heavy atom. The first-order valence-corrected chi connectivity index (χ1v) is 7.93. The van der Waals surface area contributed by atoms with E-state index in [4.69, 9.17) is 11.6 Å². The monoisotopic (exact) mass is 391 g/mol. The van der Waals surface area contributed by atoms with Crippen molar-refractivity contribution in [2.45, 2.75) is 11.2 Å². The molecule has 132 valence electrons. The molecule has 0 fully saturated rings. The Morgan fingerprint density at radius 2 is 2.04 bits per heavy atom. The number of aromatic nitrogens is 1. The van der Waals surface area contributed by atoms with E-state index in [1.807, 2.05) is 0 Å². The highest BCUT2D eigenvalue weighted by Gasteiger charge is 2.30. The molecule has 0 saturated carbocycles. The van der Waals surface area contributed by atoms with Gasteiger partial charge in [0.2, 0.25) is 5.91 Å². The lowest BCUT2D eigenvalue weighted by Gasteiger charge is -2.08. The number of rotatable bonds is 5. The van der Waals surface area contributed by atoms with Crippen LogP contribution in [0.4, 0.5) is 24.5 Å². The number of nitro benzene ring substituents is 1. The minimum absolute atomic E-state index is 0.0712. The first-order chi connectivity index (χ1) is 11.7. The molecule has 0 aliphatic rings. The van der Waals surface area contributed by atoms with Crippen LogP contribution in [0.2, 0.25) is 5.02 Å². The van der Waals surface area contributed by atoms with Gasteiger partial charge < -0.3 is 5.32 Å². The van der Waals surface area contributed by atoms with Crippen molar-refractivity contribution < 1.29 is 22.9 Å². The number of nitrogens with one attached hydrogen (secondary N) is 1. The number of nitrogens with zero attached hydrogens (tertiary/aromatic N) is 2. The Balaban J connectivity index is 1.97. The second-order valence-electron chi connectivity index (χ2n) is 4.64. The second-order valence-corrected chi connectivity index (χ2v) is 6.04. The van der Waals surface area contributed by atoms with Crippen molar-refractivity contribution >= 4 is 40.6 Å². The summed E-state index contributed by atoms with van der Waals surface area (Å²) in [5, 5.41) is 13.5. The average molecular weight is 392 g/mol. The molecule has 0 radical (unpaired) electrons. The first-order valence-electron chi connectivity index (χ1n) is 6.56. The van der Waals surface area contributed by atoms with E-state index in [0.717, 1.165) is 30.0 Å². The Hall–Kier alpha value is -2.33. The summed E-state index contributed by atoms with van der Waals surface area (Å²) in [6.45, 7) is 0. The lowest BCUT2D eigenvalue weighted by molar-refractivity contribution is -0.384. The highest BCUT2D eigenvalue weighted by molar-refractivity contribution is 7.99. The summed E-state index contributed by atoms with van der Waals surface area (Å²) < 4.78 is 37.3. The molecule has 1 N–H and O–H groups in total. The van der Waals surface area contributed by atoms with Crippen LogP contribution in [-0.4, -0.2) is 21.6 Å². The molecule has 25 heavy (non-hydrogen) atoms. The van der Waals surface area contributed by atoms with E-state index in [1.54, 1.807) is 0 Å². The Kier molecular flexibility index (Phi) is 5.85. The van der Waals surface area contributed by atoms with E-state index >= 15 is 0 Å². The van der Waals surface area contributed by atoms with Crippen LogP contribution >= 0.6 is 23.4 Å². The number of pyridine rings is 1. The Labute approximate surface area is 148 Å². The van der Waals surface area contributed by atoms with Crippen molar-refractivity contribution in [3.05, 3.63) is 57.2 Å². The number of non-ortho nitro benzene ring substituents is 1. The van der Waals surface area contributed by atoms with Gasteiger partial charge in [0.25, 0.3) is 5.69 Å². The first kappa shape index (κ1) is 19.0. The molecule has 0 aliphatic heterocycles. The minimum atomic E-state index is -4.48. The largest absolute Gasteiger partial charge is 0.417 e. The Morgan fingerprint density at radius 1 is 1.32 bits per heavy atom. The third-order valence-corrected chi connectivity index (χ3v) is 4.12. The third kappa shape index (κ3) is 5.33. The molecule has 0 aliphatic carbocycles. The van der Waals surface area contributed by atoms with E-state index in [-0.39, 0.29) is 27.2 Å². The number of nitro groups is 1. The summed E-state index contributed by atoms with van der Waals surface area (Å²) in [6, 6.07) is 5.60. The summed E-state index contributed by atoms with van der Waals surface area (Å²) in [5.41, 5.74) is -1.05. The van der Waals surface area contributed by atoms with Gasteiger partial charge in [0.05, 0.1) is 32.0 Å². The molecule has 0 atom stereocenters. The topological polar surface area (TPSA) is 85.1 Å². The number of carbonyl (C=O) groups excluding carboxylic acids is 1. The van der Waals surface area contributed by atoms with Crippen LogP contribution in [0, 0.1) is 10.1 Å². The van der Waals surface area contributed by atoms with Crippen LogP contribution in [-0.2, 0) is 11.0 Å². The SMILES string of the molecule is O=C(CSc1ccc(C(F)(F)F)cn1)Nc1cc([N+](=O)[O-])ccc1Cl. The fourth-order valence-corrected chi connectivity index (χ4v) is 2.49. The van der Waals surface area contributed by atoms with Gasteiger partial charge >= 0.3 is 6.18 Å². The summed E-state index contributed by atoms with van der Waals surface area (Å²) in [4.78, 5) is 25.6. The quantitative estimate of drug-likeness (QED) is 0.464. The van der Waals surface area contributed by atoms with Gasteiger partial charge in [-0.05, 0) is 18.2 Å². The summed E-state index contributed by atoms with van der Waals surface area (Å²) >= 11 is 6.78. The highest BCUT2D eigenvalue weighted by atomic mass is 35.5. The van der Waals surface area contributed by atoms with Gasteiger partial charge in [-0.2, -0.15) is 13.2 Å². The molecular formula is C14H9ClF3N3O3S. The van der Waals surface area contributed by atoms with E-state index in [2.05, 4.69) is 10.3 Å². The number of amides is 1. The maximum atomic E-state index is 12.4. The van der Waals surface area contributed by atoms with Gasteiger partial charge in [-0.25, -0.2) is 4.98 Å². The summed E-state index contributed by atoms with van der Waals surface area (Å²) in [7, 11) is 0. The molecule has 6 nitrogen and oxygen atoms in total. The lowest BCUT2D eigenvalue weighted by Crippen LogP contribution is -2.14. The van der Waals surface area contributed by atoms with E-state index in [1.165, 1.54) is 12.1 Å². The van der Waals surface area contributed by atoms with Crippen molar-refractivity contribution in [2.24, 2.45) is 0 Å². The highest BCUT2D eigenvalue weighted by Crippen LogP contribution is 2.30. The van der Waals surface area contributed by atoms with Crippen LogP contribution < -0.4 is 5.32 Å². The number of thioether (sulfide) groups is 1. The van der Waals surface area contributed by atoms with Crippen LogP contribution in [0.5, 0.6) is 0 Å². The lowest BCUT2D eigenvalue weighted by atomic mass is 10.3. The molecule has 1 aromatic heterocycles. The average Bonchev–Trinajstić information content (AvgIpc) is 2.54. The van der Waals surface area contributed by atoms with Gasteiger partial charge in [-0.1, -0.05) is 23.4 Å². The number of carbonyl (C=O) groups is 1. The van der Waals surface area contributed by atoms with E-state index < -0.39 is 22.6 Å². The number of benzene rings is 1. The third-order valence-electron chi connectivity index (χ3n) is 2.85. The van der Waals surface area contributed by atoms with Crippen molar-refractivity contribution in [1.82, 2.24) is 4.98 Å². The molecular weight excluding hydrogens is 383 g/mol. The smallest absolute Gasteiger partial charge is 0.324 e. The molecule has 0 saturated heterocycles. The predicted octanol–water partition coefficient (Wildman–Crippen LogP) is 4.39. The van der Waals surface area contributed by atoms with Gasteiger partial charge in [-0.15, -0.1) is 0 Å². The number of anilines is 1. The van der Waals surface area contributed by atoms with Crippen LogP contribution in [0.3, 0.4) is 0 Å². The normalized spacial score (nSPS) is 11.2. The van der Waals surface area contributed by atoms with Crippen LogP contribution in [0.25, 0.3) is 0 Å². The number of hydrogen-bond acceptors (Lipinski definition) is 5. The summed E-state index contributed by atoms with van der Waals surface area (Å²) in [6.07, 6.45) is -3.80. The predicted molar refractivity (Wildman–Crippen MR) is 86.7 cm³/mol. The van der Waals surface area contributed by atoms with Crippen molar-refractivity contribution in [2.75, 3.05) is 11.1 Å². The maximum Gasteiger partial charge on any atom is 0.417 e. The maximum absolute atomic E-state index is 12.4. The van der Waals surface area contributed by atoms with Crippen molar-refractivity contribution in [3.63, 3.8) is 0 Å². The molecule has 1 amide bonds. The number of alkyl halides is 3. The second kappa shape index (κ2) is 7.70. The molecule has 1 aromatic carbocycles. The standard InChI is InChI=1S/C14H9ClF3N3O3S/c15-10-3-2-9(21(23)24)5-11(10)20-12(22)7-25-13-4-1-8(6-19-13)14(16,17)18/h1-6H,7H2,(H,20,22). The van der Waals surface area contributed by atoms with Crippen molar-refractivity contribution in [3.8, 4) is 0 Å². The zero-order chi connectivity index (χ0) is 18.6. The number of halogens is 4. The van der Waals surface area contributed by atoms with E-state index in [9.17, 15) is 28.1 Å². The molecule has 0 unspecified atom stereocenters. The zero-order valence-electron chi connectivity index (χ0n) is 12.2. The molecule has 11 heteroatoms. The Bertz CT molecular complexity index is 800. The molecule has 2 rings (SSSR count). The van der Waals surface area contributed by atoms with E-state index in [0.29, 0.717) is 6.20 Å². The summed E-state index contributed by atoms with van der Waals surface area (Å²) in [5.74, 6) is -0.689. The van der Waals surface area contributed by atoms with Gasteiger partial charge in [-0.3, -0.25) is 14.9 Å². The van der Waals surface area contributed by atoms with Crippen LogP contribution in [0.1, 0.15) is 5.56 Å². The fourth-order valence-electron chi connectivity index (χ4n) is 1.68. The van der Waals surface area contributed by atoms with Gasteiger partial charge in [0.1, 0.15) is 0 Å². The van der Waals surface area contributed by atoms with Crippen LogP contribution in [0.15, 0.2) is 41.6 Å². The van der Waals surface area contributed by atoms with Gasteiger partial charge in [0.15, 0.2) is 0 Å².